The van der Waals surface area contributed by atoms with Crippen LogP contribution in [0, 0.1) is 5.92 Å². The number of para-hydroxylation sites is 1. The summed E-state index contributed by atoms with van der Waals surface area (Å²) in [5.74, 6) is 0.907. The molecule has 2 saturated heterocycles. The number of carbonyl (C=O) groups is 2. The Balaban J connectivity index is 1.37. The van der Waals surface area contributed by atoms with E-state index in [1.54, 1.807) is 0 Å². The van der Waals surface area contributed by atoms with Crippen molar-refractivity contribution in [2.45, 2.75) is 31.3 Å². The Morgan fingerprint density at radius 2 is 2.08 bits per heavy atom. The van der Waals surface area contributed by atoms with Gasteiger partial charge in [0, 0.05) is 37.9 Å². The minimum Gasteiger partial charge on any atom is -0.492 e. The number of nitrogens with zero attached hydrogens (tertiary/aromatic N) is 2. The Morgan fingerprint density at radius 1 is 1.23 bits per heavy atom. The molecule has 3 N–H and O–H groups in total. The zero-order valence-corrected chi connectivity index (χ0v) is 14.5. The van der Waals surface area contributed by atoms with Crippen LogP contribution in [-0.2, 0) is 9.59 Å². The second kappa shape index (κ2) is 7.43. The molecular formula is C18H23N5O3. The highest BCUT2D eigenvalue weighted by Gasteiger charge is 2.42. The second-order valence-electron chi connectivity index (χ2n) is 6.92. The van der Waals surface area contributed by atoms with Gasteiger partial charge >= 0.3 is 0 Å². The molecule has 0 aliphatic carbocycles. The summed E-state index contributed by atoms with van der Waals surface area (Å²) in [7, 11) is 0. The number of rotatable bonds is 4. The van der Waals surface area contributed by atoms with Gasteiger partial charge in [-0.2, -0.15) is 5.10 Å². The minimum absolute atomic E-state index is 0.0712. The van der Waals surface area contributed by atoms with Gasteiger partial charge in [-0.3, -0.25) is 20.4 Å². The number of carbonyl (C=O) groups excluding carboxylic acids is 2. The van der Waals surface area contributed by atoms with Crippen LogP contribution >= 0.6 is 0 Å². The predicted octanol–water partition coefficient (Wildman–Crippen LogP) is 0.0249. The largest absolute Gasteiger partial charge is 0.492 e. The SMILES string of the molecule is O=C1CCC(C(=O)N2CCC3NNC(COc4ccccc4)C3C2)=NN1. The van der Waals surface area contributed by atoms with E-state index in [9.17, 15) is 9.59 Å². The van der Waals surface area contributed by atoms with Gasteiger partial charge in [0.05, 0.1) is 6.04 Å². The van der Waals surface area contributed by atoms with E-state index < -0.39 is 0 Å². The Morgan fingerprint density at radius 3 is 2.85 bits per heavy atom. The van der Waals surface area contributed by atoms with E-state index in [0.717, 1.165) is 12.2 Å². The molecule has 3 unspecified atom stereocenters. The average molecular weight is 357 g/mol. The van der Waals surface area contributed by atoms with E-state index in [1.165, 1.54) is 0 Å². The van der Waals surface area contributed by atoms with Crippen LogP contribution in [0.5, 0.6) is 5.75 Å². The third-order valence-electron chi connectivity index (χ3n) is 5.24. The Hall–Kier alpha value is -2.45. The number of hydrazine groups is 1. The lowest BCUT2D eigenvalue weighted by Gasteiger charge is -2.36. The van der Waals surface area contributed by atoms with Gasteiger partial charge in [-0.15, -0.1) is 0 Å². The molecule has 138 valence electrons. The van der Waals surface area contributed by atoms with Crippen molar-refractivity contribution in [3.63, 3.8) is 0 Å². The number of likely N-dealkylation sites (tertiary alicyclic amines) is 1. The van der Waals surface area contributed by atoms with Gasteiger partial charge in [-0.25, -0.2) is 5.43 Å². The number of ether oxygens (including phenoxy) is 1. The van der Waals surface area contributed by atoms with Crippen LogP contribution in [0.3, 0.4) is 0 Å². The van der Waals surface area contributed by atoms with Crippen molar-refractivity contribution in [2.75, 3.05) is 19.7 Å². The van der Waals surface area contributed by atoms with Crippen LogP contribution in [-0.4, -0.2) is 54.2 Å². The molecule has 1 aromatic rings. The summed E-state index contributed by atoms with van der Waals surface area (Å²) >= 11 is 0. The lowest BCUT2D eigenvalue weighted by molar-refractivity contribution is -0.126. The number of nitrogens with one attached hydrogen (secondary N) is 3. The first-order chi connectivity index (χ1) is 12.7. The van der Waals surface area contributed by atoms with Gasteiger partial charge in [0.2, 0.25) is 5.91 Å². The van der Waals surface area contributed by atoms with Crippen LogP contribution in [0.1, 0.15) is 19.3 Å². The molecule has 2 fully saturated rings. The summed E-state index contributed by atoms with van der Waals surface area (Å²) in [6, 6.07) is 10.2. The van der Waals surface area contributed by atoms with Crippen LogP contribution < -0.4 is 21.0 Å². The van der Waals surface area contributed by atoms with E-state index >= 15 is 0 Å². The number of amides is 2. The van der Waals surface area contributed by atoms with Crippen molar-refractivity contribution in [3.05, 3.63) is 30.3 Å². The Kier molecular flexibility index (Phi) is 4.85. The highest BCUT2D eigenvalue weighted by atomic mass is 16.5. The van der Waals surface area contributed by atoms with Crippen LogP contribution in [0.25, 0.3) is 0 Å². The zero-order valence-electron chi connectivity index (χ0n) is 14.5. The van der Waals surface area contributed by atoms with E-state index in [0.29, 0.717) is 44.3 Å². The maximum Gasteiger partial charge on any atom is 0.270 e. The van der Waals surface area contributed by atoms with E-state index in [1.807, 2.05) is 35.2 Å². The molecule has 3 aliphatic rings. The maximum atomic E-state index is 12.7. The van der Waals surface area contributed by atoms with Crippen molar-refractivity contribution >= 4 is 17.5 Å². The van der Waals surface area contributed by atoms with Gasteiger partial charge in [0.1, 0.15) is 18.1 Å². The number of hydrogen-bond acceptors (Lipinski definition) is 6. The first-order valence-electron chi connectivity index (χ1n) is 9.04. The monoisotopic (exact) mass is 357 g/mol. The Bertz CT molecular complexity index is 708. The van der Waals surface area contributed by atoms with Gasteiger partial charge < -0.3 is 9.64 Å². The lowest BCUT2D eigenvalue weighted by Crippen LogP contribution is -2.51. The van der Waals surface area contributed by atoms with Crippen molar-refractivity contribution in [3.8, 4) is 5.75 Å². The predicted molar refractivity (Wildman–Crippen MR) is 95.3 cm³/mol. The van der Waals surface area contributed by atoms with Crippen molar-refractivity contribution in [2.24, 2.45) is 11.0 Å². The zero-order chi connectivity index (χ0) is 17.9. The fourth-order valence-electron chi connectivity index (χ4n) is 3.75. The van der Waals surface area contributed by atoms with Crippen LogP contribution in [0.15, 0.2) is 35.4 Å². The minimum atomic E-state index is -0.137. The Labute approximate surface area is 151 Å². The summed E-state index contributed by atoms with van der Waals surface area (Å²) in [5, 5.41) is 3.94. The van der Waals surface area contributed by atoms with E-state index in [-0.39, 0.29) is 23.8 Å². The standard InChI is InChI=1S/C18H23N5O3/c24-17-7-6-15(20-22-17)18(25)23-9-8-14-13(10-23)16(21-19-14)11-26-12-4-2-1-3-5-12/h1-5,13-14,16,19,21H,6-11H2,(H,22,24). The normalized spacial score (nSPS) is 28.2. The quantitative estimate of drug-likeness (QED) is 0.706. The highest BCUT2D eigenvalue weighted by Crippen LogP contribution is 2.25. The molecule has 4 rings (SSSR count). The number of piperidine rings is 1. The number of hydrazone groups is 1. The first kappa shape index (κ1) is 17.0. The molecule has 3 heterocycles. The van der Waals surface area contributed by atoms with Gasteiger partial charge in [0.25, 0.3) is 5.91 Å². The second-order valence-corrected chi connectivity index (χ2v) is 6.92. The molecule has 8 heteroatoms. The average Bonchev–Trinajstić information content (AvgIpc) is 3.09. The summed E-state index contributed by atoms with van der Waals surface area (Å²) in [5.41, 5.74) is 9.49. The molecule has 0 radical (unpaired) electrons. The fraction of sp³-hybridized carbons (Fsp3) is 0.500. The molecule has 2 amide bonds. The van der Waals surface area contributed by atoms with Crippen LogP contribution in [0.2, 0.25) is 0 Å². The molecule has 1 aromatic carbocycles. The van der Waals surface area contributed by atoms with Crippen molar-refractivity contribution in [1.29, 1.82) is 0 Å². The molecule has 8 nitrogen and oxygen atoms in total. The third kappa shape index (κ3) is 3.56. The van der Waals surface area contributed by atoms with Gasteiger partial charge in [0.15, 0.2) is 0 Å². The van der Waals surface area contributed by atoms with Gasteiger partial charge in [-0.1, -0.05) is 18.2 Å². The molecule has 0 saturated carbocycles. The van der Waals surface area contributed by atoms with E-state index in [4.69, 9.17) is 4.74 Å². The van der Waals surface area contributed by atoms with Crippen LogP contribution in [0.4, 0.5) is 0 Å². The number of hydrogen-bond donors (Lipinski definition) is 3. The first-order valence-corrected chi connectivity index (χ1v) is 9.04. The fourth-order valence-corrected chi connectivity index (χ4v) is 3.75. The van der Waals surface area contributed by atoms with Gasteiger partial charge in [-0.05, 0) is 18.6 Å². The highest BCUT2D eigenvalue weighted by molar-refractivity contribution is 6.39. The maximum absolute atomic E-state index is 12.7. The summed E-state index contributed by atoms with van der Waals surface area (Å²) < 4.78 is 5.89. The van der Waals surface area contributed by atoms with Crippen molar-refractivity contribution < 1.29 is 14.3 Å². The third-order valence-corrected chi connectivity index (χ3v) is 5.24. The molecule has 0 aromatic heterocycles. The molecule has 3 aliphatic heterocycles. The summed E-state index contributed by atoms with van der Waals surface area (Å²) in [6.45, 7) is 1.88. The smallest absolute Gasteiger partial charge is 0.270 e. The topological polar surface area (TPSA) is 95.1 Å². The lowest BCUT2D eigenvalue weighted by atomic mass is 9.88. The summed E-state index contributed by atoms with van der Waals surface area (Å²) in [6.07, 6.45) is 1.61. The summed E-state index contributed by atoms with van der Waals surface area (Å²) in [4.78, 5) is 25.8. The number of benzene rings is 1. The van der Waals surface area contributed by atoms with E-state index in [2.05, 4.69) is 21.4 Å². The molecule has 0 bridgehead atoms. The molecule has 3 atom stereocenters. The molecule has 0 spiro atoms. The molecule has 26 heavy (non-hydrogen) atoms. The molecular weight excluding hydrogens is 334 g/mol. The number of fused-ring (bicyclic) bond motifs is 1. The van der Waals surface area contributed by atoms with Crippen molar-refractivity contribution in [1.82, 2.24) is 21.2 Å².